The molecule has 0 aliphatic rings. The van der Waals surface area contributed by atoms with E-state index in [9.17, 15) is 4.57 Å². The van der Waals surface area contributed by atoms with Gasteiger partial charge in [-0.25, -0.2) is 0 Å². The lowest BCUT2D eigenvalue weighted by Crippen LogP contribution is -2.09. The molecule has 4 rings (SSSR count). The number of hydrogen-bond donors (Lipinski definition) is 0. The van der Waals surface area contributed by atoms with Gasteiger partial charge in [0.1, 0.15) is 17.2 Å². The van der Waals surface area contributed by atoms with Gasteiger partial charge in [0.05, 0.1) is 0 Å². The van der Waals surface area contributed by atoms with Crippen LogP contribution in [-0.2, 0) is 4.57 Å². The van der Waals surface area contributed by atoms with Crippen molar-refractivity contribution in [2.24, 2.45) is 0 Å². The Kier molecular flexibility index (Phi) is 6.57. The minimum absolute atomic E-state index is 0.397. The van der Waals surface area contributed by atoms with Gasteiger partial charge in [0.15, 0.2) is 0 Å². The SMILES string of the molecule is Cc1cccc(OP(=O)(Oc2ccc(-c3ccccc3)cc2)Oc2cccc(C)c2C)c1C. The highest BCUT2D eigenvalue weighted by atomic mass is 31.2. The van der Waals surface area contributed by atoms with E-state index in [1.807, 2.05) is 94.4 Å². The third kappa shape index (κ3) is 5.30. The van der Waals surface area contributed by atoms with Crippen molar-refractivity contribution in [3.05, 3.63) is 113 Å². The third-order valence-electron chi connectivity index (χ3n) is 5.71. The maximum Gasteiger partial charge on any atom is 0.647 e. The first-order valence-corrected chi connectivity index (χ1v) is 12.3. The van der Waals surface area contributed by atoms with Crippen LogP contribution in [0.4, 0.5) is 0 Å². The normalized spacial score (nSPS) is 11.2. The Labute approximate surface area is 195 Å². The van der Waals surface area contributed by atoms with Crippen LogP contribution in [0.3, 0.4) is 0 Å². The highest BCUT2D eigenvalue weighted by molar-refractivity contribution is 7.49. The predicted octanol–water partition coefficient (Wildman–Crippen LogP) is 8.23. The van der Waals surface area contributed by atoms with Crippen molar-refractivity contribution in [3.8, 4) is 28.4 Å². The second-order valence-electron chi connectivity index (χ2n) is 8.01. The number of aryl methyl sites for hydroxylation is 2. The van der Waals surface area contributed by atoms with Crippen molar-refractivity contribution in [2.75, 3.05) is 0 Å². The molecule has 0 heterocycles. The summed E-state index contributed by atoms with van der Waals surface area (Å²) in [6.45, 7) is 7.78. The van der Waals surface area contributed by atoms with Crippen molar-refractivity contribution in [2.45, 2.75) is 27.7 Å². The Morgan fingerprint density at radius 3 is 1.52 bits per heavy atom. The summed E-state index contributed by atoms with van der Waals surface area (Å²) in [5.41, 5.74) is 5.93. The predicted molar refractivity (Wildman–Crippen MR) is 133 cm³/mol. The molecule has 0 aromatic heterocycles. The Morgan fingerprint density at radius 1 is 0.515 bits per heavy atom. The van der Waals surface area contributed by atoms with E-state index in [2.05, 4.69) is 0 Å². The lowest BCUT2D eigenvalue weighted by molar-refractivity contribution is 0.297. The van der Waals surface area contributed by atoms with Crippen LogP contribution in [0.25, 0.3) is 11.1 Å². The van der Waals surface area contributed by atoms with E-state index in [0.717, 1.165) is 33.4 Å². The van der Waals surface area contributed by atoms with Crippen LogP contribution in [0.2, 0.25) is 0 Å². The summed E-state index contributed by atoms with van der Waals surface area (Å²) in [7, 11) is -4.07. The Morgan fingerprint density at radius 2 is 1.00 bits per heavy atom. The zero-order chi connectivity index (χ0) is 23.4. The molecule has 0 atom stereocenters. The molecular weight excluding hydrogens is 431 g/mol. The average Bonchev–Trinajstić information content (AvgIpc) is 2.81. The molecule has 4 aromatic rings. The van der Waals surface area contributed by atoms with Crippen molar-refractivity contribution in [3.63, 3.8) is 0 Å². The molecule has 0 unspecified atom stereocenters. The van der Waals surface area contributed by atoms with Gasteiger partial charge >= 0.3 is 7.82 Å². The maximum absolute atomic E-state index is 13.9. The van der Waals surface area contributed by atoms with E-state index in [-0.39, 0.29) is 0 Å². The summed E-state index contributed by atoms with van der Waals surface area (Å²) in [5.74, 6) is 1.32. The summed E-state index contributed by atoms with van der Waals surface area (Å²) in [4.78, 5) is 0. The molecular formula is C28H27O4P. The van der Waals surface area contributed by atoms with Crippen LogP contribution >= 0.6 is 7.82 Å². The van der Waals surface area contributed by atoms with Gasteiger partial charge in [-0.2, -0.15) is 4.57 Å². The summed E-state index contributed by atoms with van der Waals surface area (Å²) in [6.07, 6.45) is 0. The quantitative estimate of drug-likeness (QED) is 0.262. The summed E-state index contributed by atoms with van der Waals surface area (Å²) >= 11 is 0. The molecule has 0 spiro atoms. The molecule has 33 heavy (non-hydrogen) atoms. The fourth-order valence-corrected chi connectivity index (χ4v) is 4.78. The van der Waals surface area contributed by atoms with Crippen LogP contribution in [0.1, 0.15) is 22.3 Å². The molecule has 0 aliphatic heterocycles. The monoisotopic (exact) mass is 458 g/mol. The van der Waals surface area contributed by atoms with Gasteiger partial charge in [0, 0.05) is 0 Å². The number of rotatable bonds is 7. The maximum atomic E-state index is 13.9. The largest absolute Gasteiger partial charge is 0.647 e. The smallest absolute Gasteiger partial charge is 0.386 e. The zero-order valence-electron chi connectivity index (χ0n) is 19.2. The summed E-state index contributed by atoms with van der Waals surface area (Å²) in [6, 6.07) is 28.6. The molecule has 4 nitrogen and oxygen atoms in total. The fraction of sp³-hybridized carbons (Fsp3) is 0.143. The van der Waals surface area contributed by atoms with E-state index in [0.29, 0.717) is 17.2 Å². The van der Waals surface area contributed by atoms with Gasteiger partial charge in [-0.05, 0) is 85.3 Å². The van der Waals surface area contributed by atoms with Crippen molar-refractivity contribution in [1.82, 2.24) is 0 Å². The summed E-state index contributed by atoms with van der Waals surface area (Å²) < 4.78 is 31.7. The molecule has 168 valence electrons. The van der Waals surface area contributed by atoms with E-state index >= 15 is 0 Å². The highest BCUT2D eigenvalue weighted by Crippen LogP contribution is 2.51. The van der Waals surface area contributed by atoms with E-state index in [1.54, 1.807) is 24.3 Å². The number of hydrogen-bond acceptors (Lipinski definition) is 4. The van der Waals surface area contributed by atoms with Gasteiger partial charge in [0.25, 0.3) is 0 Å². The van der Waals surface area contributed by atoms with Crippen LogP contribution < -0.4 is 13.6 Å². The molecule has 0 saturated heterocycles. The van der Waals surface area contributed by atoms with Gasteiger partial charge < -0.3 is 13.6 Å². The minimum atomic E-state index is -4.07. The van der Waals surface area contributed by atoms with Gasteiger partial charge in [-0.15, -0.1) is 0 Å². The van der Waals surface area contributed by atoms with Gasteiger partial charge in [-0.3, -0.25) is 0 Å². The standard InChI is InChI=1S/C28H27O4P/c1-20-10-8-14-27(22(20)3)31-33(29,32-28-15-9-11-21(2)23(28)4)30-26-18-16-25(17-19-26)24-12-6-5-7-13-24/h5-19H,1-4H3. The number of phosphoric ester groups is 1. The lowest BCUT2D eigenvalue weighted by atomic mass is 10.1. The molecule has 0 saturated carbocycles. The summed E-state index contributed by atoms with van der Waals surface area (Å²) in [5, 5.41) is 0. The van der Waals surface area contributed by atoms with Crippen LogP contribution in [0.15, 0.2) is 91.0 Å². The Hall–Kier alpha value is -3.49. The fourth-order valence-electron chi connectivity index (χ4n) is 3.41. The van der Waals surface area contributed by atoms with E-state index in [1.165, 1.54) is 0 Å². The second-order valence-corrected chi connectivity index (χ2v) is 9.45. The molecule has 4 aromatic carbocycles. The molecule has 0 amide bonds. The third-order valence-corrected chi connectivity index (χ3v) is 6.98. The lowest BCUT2D eigenvalue weighted by Gasteiger charge is -2.22. The van der Waals surface area contributed by atoms with Gasteiger partial charge in [0.2, 0.25) is 0 Å². The second kappa shape index (κ2) is 9.56. The molecule has 5 heteroatoms. The van der Waals surface area contributed by atoms with Gasteiger partial charge in [-0.1, -0.05) is 66.7 Å². The highest BCUT2D eigenvalue weighted by Gasteiger charge is 2.34. The molecule has 0 radical (unpaired) electrons. The van der Waals surface area contributed by atoms with E-state index < -0.39 is 7.82 Å². The van der Waals surface area contributed by atoms with Crippen molar-refractivity contribution >= 4 is 7.82 Å². The first kappa shape index (κ1) is 22.7. The number of phosphoric acid groups is 1. The number of benzene rings is 4. The average molecular weight is 458 g/mol. The Bertz CT molecular complexity index is 1240. The first-order chi connectivity index (χ1) is 15.8. The molecule has 0 N–H and O–H groups in total. The Balaban J connectivity index is 1.67. The van der Waals surface area contributed by atoms with E-state index in [4.69, 9.17) is 13.6 Å². The van der Waals surface area contributed by atoms with Crippen molar-refractivity contribution in [1.29, 1.82) is 0 Å². The molecule has 0 aliphatic carbocycles. The van der Waals surface area contributed by atoms with Crippen molar-refractivity contribution < 1.29 is 18.1 Å². The van der Waals surface area contributed by atoms with Crippen LogP contribution in [0.5, 0.6) is 17.2 Å². The molecule has 0 bridgehead atoms. The topological polar surface area (TPSA) is 44.8 Å². The molecule has 0 fully saturated rings. The minimum Gasteiger partial charge on any atom is -0.386 e. The van der Waals surface area contributed by atoms with Crippen LogP contribution in [0, 0.1) is 27.7 Å². The van der Waals surface area contributed by atoms with Crippen LogP contribution in [-0.4, -0.2) is 0 Å². The zero-order valence-corrected chi connectivity index (χ0v) is 20.1. The first-order valence-electron chi connectivity index (χ1n) is 10.8.